The minimum atomic E-state index is -0.159. The molecule has 0 spiro atoms. The van der Waals surface area contributed by atoms with Crippen molar-refractivity contribution in [2.45, 2.75) is 19.5 Å². The highest BCUT2D eigenvalue weighted by atomic mass is 16.5. The molecule has 208 valence electrons. The third-order valence-electron chi connectivity index (χ3n) is 7.06. The molecule has 5 aromatic rings. The Morgan fingerprint density at radius 3 is 2.15 bits per heavy atom. The molecule has 41 heavy (non-hydrogen) atoms. The van der Waals surface area contributed by atoms with Gasteiger partial charge in [0.1, 0.15) is 28.6 Å². The Morgan fingerprint density at radius 1 is 0.780 bits per heavy atom. The SMILES string of the molecule is COc1ccc(/C=C/c2cc(=O)c3ccc(O)c(CN(CCc4ccccc4)Cc4ccc(OC)cc4)c3o2)cc1. The lowest BCUT2D eigenvalue weighted by Gasteiger charge is -2.24. The second-order valence-electron chi connectivity index (χ2n) is 9.85. The third-order valence-corrected chi connectivity index (χ3v) is 7.06. The van der Waals surface area contributed by atoms with Gasteiger partial charge < -0.3 is 19.0 Å². The largest absolute Gasteiger partial charge is 0.507 e. The molecule has 5 rings (SSSR count). The minimum absolute atomic E-state index is 0.0939. The molecule has 1 heterocycles. The number of phenolic OH excluding ortho intramolecular Hbond substituents is 1. The fourth-order valence-corrected chi connectivity index (χ4v) is 4.77. The number of hydrogen-bond donors (Lipinski definition) is 1. The van der Waals surface area contributed by atoms with Gasteiger partial charge in [-0.2, -0.15) is 0 Å². The maximum atomic E-state index is 13.1. The van der Waals surface area contributed by atoms with Crippen molar-refractivity contribution in [1.82, 2.24) is 4.90 Å². The minimum Gasteiger partial charge on any atom is -0.507 e. The van der Waals surface area contributed by atoms with Crippen LogP contribution in [0.1, 0.15) is 28.0 Å². The monoisotopic (exact) mass is 547 g/mol. The lowest BCUT2D eigenvalue weighted by atomic mass is 10.1. The summed E-state index contributed by atoms with van der Waals surface area (Å²) in [6.07, 6.45) is 4.48. The summed E-state index contributed by atoms with van der Waals surface area (Å²) < 4.78 is 16.8. The number of benzene rings is 4. The lowest BCUT2D eigenvalue weighted by molar-refractivity contribution is 0.256. The smallest absolute Gasteiger partial charge is 0.193 e. The van der Waals surface area contributed by atoms with Crippen LogP contribution in [0.15, 0.2) is 106 Å². The number of methoxy groups -OCH3 is 2. The van der Waals surface area contributed by atoms with Crippen LogP contribution in [0.4, 0.5) is 0 Å². The zero-order valence-corrected chi connectivity index (χ0v) is 23.2. The highest BCUT2D eigenvalue weighted by Crippen LogP contribution is 2.29. The first kappa shape index (κ1) is 27.7. The van der Waals surface area contributed by atoms with Gasteiger partial charge in [0, 0.05) is 25.7 Å². The predicted octanol–water partition coefficient (Wildman–Crippen LogP) is 6.93. The first-order chi connectivity index (χ1) is 20.0. The predicted molar refractivity (Wildman–Crippen MR) is 163 cm³/mol. The summed E-state index contributed by atoms with van der Waals surface area (Å²) >= 11 is 0. The van der Waals surface area contributed by atoms with Crippen LogP contribution in [0.25, 0.3) is 23.1 Å². The summed E-state index contributed by atoms with van der Waals surface area (Å²) in [5.41, 5.74) is 4.10. The van der Waals surface area contributed by atoms with Gasteiger partial charge in [-0.3, -0.25) is 9.69 Å². The molecule has 0 aliphatic rings. The zero-order chi connectivity index (χ0) is 28.6. The van der Waals surface area contributed by atoms with Crippen LogP contribution in [-0.2, 0) is 19.5 Å². The highest BCUT2D eigenvalue weighted by Gasteiger charge is 2.17. The Labute approximate surface area is 239 Å². The van der Waals surface area contributed by atoms with Crippen molar-refractivity contribution in [2.24, 2.45) is 0 Å². The van der Waals surface area contributed by atoms with Crippen molar-refractivity contribution < 1.29 is 19.0 Å². The van der Waals surface area contributed by atoms with Crippen molar-refractivity contribution in [1.29, 1.82) is 0 Å². The first-order valence-corrected chi connectivity index (χ1v) is 13.5. The maximum Gasteiger partial charge on any atom is 0.193 e. The van der Waals surface area contributed by atoms with E-state index in [4.69, 9.17) is 13.9 Å². The van der Waals surface area contributed by atoms with Gasteiger partial charge >= 0.3 is 0 Å². The molecular formula is C35H33NO5. The molecule has 0 bridgehead atoms. The van der Waals surface area contributed by atoms with E-state index in [1.54, 1.807) is 32.4 Å². The molecule has 0 atom stereocenters. The van der Waals surface area contributed by atoms with Crippen molar-refractivity contribution in [3.63, 3.8) is 0 Å². The van der Waals surface area contributed by atoms with E-state index in [2.05, 4.69) is 17.0 Å². The van der Waals surface area contributed by atoms with Crippen LogP contribution in [0.3, 0.4) is 0 Å². The Hall–Kier alpha value is -4.81. The summed E-state index contributed by atoms with van der Waals surface area (Å²) in [7, 11) is 3.28. The fourth-order valence-electron chi connectivity index (χ4n) is 4.77. The van der Waals surface area contributed by atoms with Gasteiger partial charge in [-0.15, -0.1) is 0 Å². The van der Waals surface area contributed by atoms with E-state index in [0.717, 1.165) is 35.6 Å². The number of rotatable bonds is 11. The van der Waals surface area contributed by atoms with Crippen molar-refractivity contribution in [3.05, 3.63) is 135 Å². The van der Waals surface area contributed by atoms with Crippen LogP contribution < -0.4 is 14.9 Å². The maximum absolute atomic E-state index is 13.1. The average molecular weight is 548 g/mol. The number of aromatic hydroxyl groups is 1. The Kier molecular flexibility index (Phi) is 8.82. The van der Waals surface area contributed by atoms with Gasteiger partial charge in [-0.05, 0) is 65.6 Å². The number of fused-ring (bicyclic) bond motifs is 1. The number of phenols is 1. The molecule has 0 saturated heterocycles. The van der Waals surface area contributed by atoms with E-state index < -0.39 is 0 Å². The topological polar surface area (TPSA) is 72.1 Å². The van der Waals surface area contributed by atoms with Crippen LogP contribution in [0.5, 0.6) is 17.2 Å². The molecule has 0 aliphatic carbocycles. The molecule has 1 N–H and O–H groups in total. The molecular weight excluding hydrogens is 514 g/mol. The quantitative estimate of drug-likeness (QED) is 0.193. The van der Waals surface area contributed by atoms with E-state index in [1.807, 2.05) is 72.8 Å². The van der Waals surface area contributed by atoms with Gasteiger partial charge in [0.2, 0.25) is 0 Å². The molecule has 0 saturated carbocycles. The van der Waals surface area contributed by atoms with E-state index >= 15 is 0 Å². The molecule has 6 nitrogen and oxygen atoms in total. The Balaban J connectivity index is 1.47. The van der Waals surface area contributed by atoms with Crippen molar-refractivity contribution >= 4 is 23.1 Å². The first-order valence-electron chi connectivity index (χ1n) is 13.5. The van der Waals surface area contributed by atoms with Gasteiger partial charge in [0.15, 0.2) is 5.43 Å². The average Bonchev–Trinajstić information content (AvgIpc) is 3.01. The van der Waals surface area contributed by atoms with Crippen LogP contribution >= 0.6 is 0 Å². The number of nitrogens with zero attached hydrogens (tertiary/aromatic N) is 1. The summed E-state index contributed by atoms with van der Waals surface area (Å²) in [6.45, 7) is 1.79. The molecule has 0 unspecified atom stereocenters. The number of ether oxygens (including phenoxy) is 2. The molecule has 0 fully saturated rings. The normalized spacial score (nSPS) is 11.4. The number of hydrogen-bond acceptors (Lipinski definition) is 6. The molecule has 0 aliphatic heterocycles. The van der Waals surface area contributed by atoms with E-state index in [-0.39, 0.29) is 11.2 Å². The van der Waals surface area contributed by atoms with Crippen LogP contribution in [0, 0.1) is 0 Å². The van der Waals surface area contributed by atoms with E-state index in [0.29, 0.717) is 35.4 Å². The van der Waals surface area contributed by atoms with Gasteiger partial charge in [-0.25, -0.2) is 0 Å². The van der Waals surface area contributed by atoms with E-state index in [1.165, 1.54) is 11.6 Å². The zero-order valence-electron chi connectivity index (χ0n) is 23.2. The standard InChI is InChI=1S/C35H33NO5/c1-39-28-13-8-26(9-14-28)10-17-30-22-34(38)31-18-19-33(37)32(35(31)41-30)24-36(21-20-25-6-4-3-5-7-25)23-27-11-15-29(40-2)16-12-27/h3-19,22,37H,20-21,23-24H2,1-2H3/b17-10+. The summed E-state index contributed by atoms with van der Waals surface area (Å²) in [5, 5.41) is 11.4. The van der Waals surface area contributed by atoms with Gasteiger partial charge in [0.05, 0.1) is 25.2 Å². The van der Waals surface area contributed by atoms with Crippen LogP contribution in [-0.4, -0.2) is 30.8 Å². The van der Waals surface area contributed by atoms with E-state index in [9.17, 15) is 9.90 Å². The molecule has 0 radical (unpaired) electrons. The summed E-state index contributed by atoms with van der Waals surface area (Å²) in [6, 6.07) is 30.6. The summed E-state index contributed by atoms with van der Waals surface area (Å²) in [5.74, 6) is 2.08. The highest BCUT2D eigenvalue weighted by molar-refractivity contribution is 5.83. The fraction of sp³-hybridized carbons (Fsp3) is 0.171. The Bertz CT molecular complexity index is 1670. The van der Waals surface area contributed by atoms with Crippen molar-refractivity contribution in [2.75, 3.05) is 20.8 Å². The van der Waals surface area contributed by atoms with Gasteiger partial charge in [-0.1, -0.05) is 60.7 Å². The van der Waals surface area contributed by atoms with Crippen LogP contribution in [0.2, 0.25) is 0 Å². The lowest BCUT2D eigenvalue weighted by Crippen LogP contribution is -2.25. The second kappa shape index (κ2) is 13.0. The third kappa shape index (κ3) is 7.04. The van der Waals surface area contributed by atoms with Crippen molar-refractivity contribution in [3.8, 4) is 17.2 Å². The molecule has 1 aromatic heterocycles. The summed E-state index contributed by atoms with van der Waals surface area (Å²) in [4.78, 5) is 15.3. The molecule has 4 aromatic carbocycles. The molecule has 6 heteroatoms. The molecule has 0 amide bonds. The van der Waals surface area contributed by atoms with Gasteiger partial charge in [0.25, 0.3) is 0 Å². The Morgan fingerprint density at radius 2 is 1.46 bits per heavy atom. The second-order valence-corrected chi connectivity index (χ2v) is 9.85.